The van der Waals surface area contributed by atoms with Crippen LogP contribution in [0.15, 0.2) is 42.6 Å². The number of hydrogen-bond donors (Lipinski definition) is 2. The van der Waals surface area contributed by atoms with Gasteiger partial charge in [-0.15, -0.1) is 0 Å². The maximum atomic E-state index is 13.9. The molecule has 1 aliphatic rings. The van der Waals surface area contributed by atoms with Gasteiger partial charge in [0.1, 0.15) is 5.82 Å². The van der Waals surface area contributed by atoms with E-state index in [0.29, 0.717) is 28.4 Å². The van der Waals surface area contributed by atoms with Gasteiger partial charge in [-0.2, -0.15) is 0 Å². The lowest BCUT2D eigenvalue weighted by Crippen LogP contribution is -2.31. The highest BCUT2D eigenvalue weighted by molar-refractivity contribution is 6.32. The number of hydrogen-bond acceptors (Lipinski definition) is 2. The van der Waals surface area contributed by atoms with Crippen molar-refractivity contribution in [1.82, 2.24) is 15.3 Å². The molecule has 0 unspecified atom stereocenters. The van der Waals surface area contributed by atoms with Gasteiger partial charge in [0, 0.05) is 41.7 Å². The minimum Gasteiger partial charge on any atom is -0.358 e. The summed E-state index contributed by atoms with van der Waals surface area (Å²) < 4.78 is 13.9. The summed E-state index contributed by atoms with van der Waals surface area (Å²) in [6.07, 6.45) is 5.78. The van der Waals surface area contributed by atoms with E-state index in [0.717, 1.165) is 23.4 Å². The third kappa shape index (κ3) is 3.13. The van der Waals surface area contributed by atoms with Crippen molar-refractivity contribution in [3.05, 3.63) is 75.9 Å². The molecule has 3 aromatic rings. The fourth-order valence-corrected chi connectivity index (χ4v) is 3.22. The molecule has 3 heterocycles. The van der Waals surface area contributed by atoms with Gasteiger partial charge in [-0.05, 0) is 42.5 Å². The standard InChI is InChI=1S/C20H15ClFN3O/c21-16-2-1-3-17(22)14(16)5-4-13-10-12(6-8-23-13)19-11-15-18(25-19)7-9-24-20(15)26/h1-6,8,10-11,25H,7,9H2,(H,24,26). The van der Waals surface area contributed by atoms with Crippen LogP contribution in [0.3, 0.4) is 0 Å². The first-order valence-electron chi connectivity index (χ1n) is 8.20. The number of rotatable bonds is 3. The van der Waals surface area contributed by atoms with Crippen molar-refractivity contribution in [2.75, 3.05) is 6.54 Å². The molecule has 0 fully saturated rings. The lowest BCUT2D eigenvalue weighted by molar-refractivity contribution is 0.0946. The smallest absolute Gasteiger partial charge is 0.253 e. The lowest BCUT2D eigenvalue weighted by Gasteiger charge is -2.10. The van der Waals surface area contributed by atoms with E-state index in [-0.39, 0.29) is 11.7 Å². The second kappa shape index (κ2) is 6.77. The largest absolute Gasteiger partial charge is 0.358 e. The molecule has 1 aromatic carbocycles. The Kier molecular flexibility index (Phi) is 4.31. The molecule has 4 nitrogen and oxygen atoms in total. The van der Waals surface area contributed by atoms with Crippen LogP contribution in [-0.4, -0.2) is 22.4 Å². The number of pyridine rings is 1. The zero-order chi connectivity index (χ0) is 18.1. The van der Waals surface area contributed by atoms with Crippen molar-refractivity contribution < 1.29 is 9.18 Å². The summed E-state index contributed by atoms with van der Waals surface area (Å²) in [5.74, 6) is -0.440. The van der Waals surface area contributed by atoms with Crippen molar-refractivity contribution in [2.24, 2.45) is 0 Å². The highest BCUT2D eigenvalue weighted by atomic mass is 35.5. The van der Waals surface area contributed by atoms with Crippen LogP contribution in [-0.2, 0) is 6.42 Å². The molecule has 6 heteroatoms. The second-order valence-corrected chi connectivity index (χ2v) is 6.43. The number of benzene rings is 1. The number of H-pyrrole nitrogens is 1. The molecule has 130 valence electrons. The molecule has 2 aromatic heterocycles. The summed E-state index contributed by atoms with van der Waals surface area (Å²) >= 11 is 6.04. The van der Waals surface area contributed by atoms with Gasteiger partial charge in [0.05, 0.1) is 16.3 Å². The summed E-state index contributed by atoms with van der Waals surface area (Å²) in [6, 6.07) is 10.2. The van der Waals surface area contributed by atoms with E-state index in [1.807, 2.05) is 18.2 Å². The van der Waals surface area contributed by atoms with Gasteiger partial charge in [0.15, 0.2) is 0 Å². The molecule has 0 radical (unpaired) electrons. The average Bonchev–Trinajstić information content (AvgIpc) is 3.07. The molecule has 1 aliphatic heterocycles. The number of amides is 1. The number of carbonyl (C=O) groups excluding carboxylic acids is 1. The molecule has 0 saturated heterocycles. The van der Waals surface area contributed by atoms with Gasteiger partial charge in [-0.3, -0.25) is 9.78 Å². The number of fused-ring (bicyclic) bond motifs is 1. The normalized spacial score (nSPS) is 13.7. The maximum Gasteiger partial charge on any atom is 0.253 e. The predicted molar refractivity (Wildman–Crippen MR) is 100 cm³/mol. The Morgan fingerprint density at radius 3 is 2.88 bits per heavy atom. The minimum absolute atomic E-state index is 0.0582. The number of nitrogens with zero attached hydrogens (tertiary/aromatic N) is 1. The predicted octanol–water partition coefficient (Wildman–Crippen LogP) is 4.33. The quantitative estimate of drug-likeness (QED) is 0.724. The third-order valence-electron chi connectivity index (χ3n) is 4.32. The number of nitrogens with one attached hydrogen (secondary N) is 2. The Labute approximate surface area is 154 Å². The van der Waals surface area contributed by atoms with Gasteiger partial charge in [0.2, 0.25) is 0 Å². The summed E-state index contributed by atoms with van der Waals surface area (Å²) in [4.78, 5) is 19.5. The fraction of sp³-hybridized carbons (Fsp3) is 0.100. The van der Waals surface area contributed by atoms with E-state index in [1.54, 1.807) is 30.5 Å². The van der Waals surface area contributed by atoms with Gasteiger partial charge in [-0.25, -0.2) is 4.39 Å². The molecular weight excluding hydrogens is 353 g/mol. The first-order chi connectivity index (χ1) is 12.6. The SMILES string of the molecule is O=C1NCCc2[nH]c(-c3ccnc(C=Cc4c(F)cccc4Cl)c3)cc21. The minimum atomic E-state index is -0.382. The first kappa shape index (κ1) is 16.5. The first-order valence-corrected chi connectivity index (χ1v) is 8.58. The van der Waals surface area contributed by atoms with Crippen LogP contribution in [0.5, 0.6) is 0 Å². The van der Waals surface area contributed by atoms with E-state index in [1.165, 1.54) is 6.07 Å². The van der Waals surface area contributed by atoms with Crippen LogP contribution in [0.2, 0.25) is 5.02 Å². The van der Waals surface area contributed by atoms with Crippen LogP contribution in [0, 0.1) is 5.82 Å². The van der Waals surface area contributed by atoms with E-state index in [2.05, 4.69) is 15.3 Å². The van der Waals surface area contributed by atoms with E-state index >= 15 is 0 Å². The summed E-state index contributed by atoms with van der Waals surface area (Å²) in [5, 5.41) is 3.18. The third-order valence-corrected chi connectivity index (χ3v) is 4.65. The summed E-state index contributed by atoms with van der Waals surface area (Å²) in [5.41, 5.74) is 4.37. The fourth-order valence-electron chi connectivity index (χ4n) is 2.99. The van der Waals surface area contributed by atoms with Gasteiger partial charge in [-0.1, -0.05) is 17.7 Å². The number of aromatic amines is 1. The molecule has 26 heavy (non-hydrogen) atoms. The van der Waals surface area contributed by atoms with Crippen LogP contribution in [0.1, 0.15) is 27.3 Å². The van der Waals surface area contributed by atoms with Crippen LogP contribution >= 0.6 is 11.6 Å². The second-order valence-electron chi connectivity index (χ2n) is 6.02. The lowest BCUT2D eigenvalue weighted by atomic mass is 10.1. The zero-order valence-corrected chi connectivity index (χ0v) is 14.5. The summed E-state index contributed by atoms with van der Waals surface area (Å²) in [6.45, 7) is 0.638. The number of carbonyl (C=O) groups is 1. The van der Waals surface area contributed by atoms with Crippen molar-refractivity contribution in [2.45, 2.75) is 6.42 Å². The summed E-state index contributed by atoms with van der Waals surface area (Å²) in [7, 11) is 0. The van der Waals surface area contributed by atoms with Crippen molar-refractivity contribution >= 4 is 29.7 Å². The maximum absolute atomic E-state index is 13.9. The zero-order valence-electron chi connectivity index (χ0n) is 13.7. The molecule has 0 atom stereocenters. The van der Waals surface area contributed by atoms with E-state index in [9.17, 15) is 9.18 Å². The van der Waals surface area contributed by atoms with Crippen molar-refractivity contribution in [3.63, 3.8) is 0 Å². The highest BCUT2D eigenvalue weighted by Gasteiger charge is 2.19. The van der Waals surface area contributed by atoms with Gasteiger partial charge >= 0.3 is 0 Å². The van der Waals surface area contributed by atoms with Crippen LogP contribution in [0.4, 0.5) is 4.39 Å². The molecule has 2 N–H and O–H groups in total. The van der Waals surface area contributed by atoms with E-state index in [4.69, 9.17) is 11.6 Å². The highest BCUT2D eigenvalue weighted by Crippen LogP contribution is 2.25. The molecule has 0 spiro atoms. The average molecular weight is 368 g/mol. The number of aromatic nitrogens is 2. The Balaban J connectivity index is 1.65. The van der Waals surface area contributed by atoms with Crippen molar-refractivity contribution in [1.29, 1.82) is 0 Å². The number of halogens is 2. The Morgan fingerprint density at radius 1 is 1.19 bits per heavy atom. The molecule has 0 aliphatic carbocycles. The van der Waals surface area contributed by atoms with Crippen molar-refractivity contribution in [3.8, 4) is 11.3 Å². The topological polar surface area (TPSA) is 57.8 Å². The van der Waals surface area contributed by atoms with Crippen LogP contribution < -0.4 is 5.32 Å². The Morgan fingerprint density at radius 2 is 2.08 bits per heavy atom. The molecule has 4 rings (SSSR count). The molecular formula is C20H15ClFN3O. The van der Waals surface area contributed by atoms with Gasteiger partial charge in [0.25, 0.3) is 5.91 Å². The molecule has 1 amide bonds. The molecule has 0 bridgehead atoms. The monoisotopic (exact) mass is 367 g/mol. The van der Waals surface area contributed by atoms with E-state index < -0.39 is 0 Å². The van der Waals surface area contributed by atoms with Crippen LogP contribution in [0.25, 0.3) is 23.4 Å². The Bertz CT molecular complexity index is 1010. The Hall–Kier alpha value is -2.92. The molecule has 0 saturated carbocycles. The van der Waals surface area contributed by atoms with Gasteiger partial charge < -0.3 is 10.3 Å².